The van der Waals surface area contributed by atoms with E-state index in [1.807, 2.05) is 18.7 Å². The number of aliphatic carboxylic acids is 1. The summed E-state index contributed by atoms with van der Waals surface area (Å²) in [6.45, 7) is 2.15. The van der Waals surface area contributed by atoms with E-state index in [9.17, 15) is 9.59 Å². The maximum absolute atomic E-state index is 11.6. The van der Waals surface area contributed by atoms with Crippen LogP contribution < -0.4 is 10.6 Å². The maximum atomic E-state index is 11.6. The molecule has 18 heavy (non-hydrogen) atoms. The Labute approximate surface area is 112 Å². The van der Waals surface area contributed by atoms with Crippen LogP contribution in [0.1, 0.15) is 32.6 Å². The lowest BCUT2D eigenvalue weighted by molar-refractivity contribution is -0.141. The molecule has 1 rings (SSSR count). The summed E-state index contributed by atoms with van der Waals surface area (Å²) in [7, 11) is 0. The van der Waals surface area contributed by atoms with Gasteiger partial charge in [-0.3, -0.25) is 4.79 Å². The van der Waals surface area contributed by atoms with Crippen LogP contribution in [0.4, 0.5) is 4.79 Å². The molecule has 0 aromatic heterocycles. The average Bonchev–Trinajstić information content (AvgIpc) is 2.35. The molecule has 0 radical (unpaired) electrons. The van der Waals surface area contributed by atoms with Gasteiger partial charge in [0.25, 0.3) is 0 Å². The molecule has 0 saturated carbocycles. The van der Waals surface area contributed by atoms with Crippen molar-refractivity contribution in [3.8, 4) is 0 Å². The highest BCUT2D eigenvalue weighted by Gasteiger charge is 2.19. The number of hydrogen-bond acceptors (Lipinski definition) is 3. The van der Waals surface area contributed by atoms with Gasteiger partial charge in [-0.2, -0.15) is 11.8 Å². The summed E-state index contributed by atoms with van der Waals surface area (Å²) in [5.41, 5.74) is 0. The second-order valence-corrected chi connectivity index (χ2v) is 5.79. The smallest absolute Gasteiger partial charge is 0.315 e. The summed E-state index contributed by atoms with van der Waals surface area (Å²) in [6.07, 6.45) is 3.39. The highest BCUT2D eigenvalue weighted by molar-refractivity contribution is 7.99. The predicted molar refractivity (Wildman–Crippen MR) is 72.9 cm³/mol. The van der Waals surface area contributed by atoms with Crippen molar-refractivity contribution in [2.45, 2.75) is 38.6 Å². The Balaban J connectivity index is 2.24. The number of carbonyl (C=O) groups excluding carboxylic acids is 1. The van der Waals surface area contributed by atoms with Crippen molar-refractivity contribution in [2.24, 2.45) is 5.92 Å². The molecule has 0 aromatic carbocycles. The van der Waals surface area contributed by atoms with Gasteiger partial charge in [-0.25, -0.2) is 4.79 Å². The highest BCUT2D eigenvalue weighted by atomic mass is 32.2. The topological polar surface area (TPSA) is 78.4 Å². The van der Waals surface area contributed by atoms with E-state index >= 15 is 0 Å². The molecule has 1 heterocycles. The Morgan fingerprint density at radius 3 is 2.61 bits per heavy atom. The van der Waals surface area contributed by atoms with Gasteiger partial charge in [-0.05, 0) is 30.8 Å². The number of amides is 2. The molecule has 0 aromatic rings. The third-order valence-corrected chi connectivity index (χ3v) is 4.10. The normalized spacial score (nSPS) is 18.1. The Morgan fingerprint density at radius 2 is 2.06 bits per heavy atom. The second kappa shape index (κ2) is 8.24. The van der Waals surface area contributed by atoms with Gasteiger partial charge in [0, 0.05) is 12.6 Å². The molecule has 1 unspecified atom stereocenters. The first-order chi connectivity index (χ1) is 8.63. The van der Waals surface area contributed by atoms with Crippen LogP contribution in [0.2, 0.25) is 0 Å². The number of carboxylic acids is 1. The van der Waals surface area contributed by atoms with Gasteiger partial charge in [0.15, 0.2) is 0 Å². The molecule has 3 N–H and O–H groups in total. The summed E-state index contributed by atoms with van der Waals surface area (Å²) in [4.78, 5) is 22.5. The first-order valence-corrected chi connectivity index (χ1v) is 7.63. The van der Waals surface area contributed by atoms with Gasteiger partial charge in [-0.15, -0.1) is 0 Å². The monoisotopic (exact) mass is 274 g/mol. The van der Waals surface area contributed by atoms with Gasteiger partial charge in [-0.1, -0.05) is 13.3 Å². The standard InChI is InChI=1S/C12H22N2O3S/c1-2-3-9(11(15)16)8-13-12(17)14-10-4-6-18-7-5-10/h9-10H,2-8H2,1H3,(H,15,16)(H2,13,14,17). The molecule has 1 aliphatic rings. The number of urea groups is 1. The van der Waals surface area contributed by atoms with Crippen LogP contribution in [0.25, 0.3) is 0 Å². The van der Waals surface area contributed by atoms with Crippen molar-refractivity contribution in [2.75, 3.05) is 18.1 Å². The van der Waals surface area contributed by atoms with Crippen LogP contribution in [-0.4, -0.2) is 41.2 Å². The van der Waals surface area contributed by atoms with E-state index in [1.165, 1.54) is 0 Å². The quantitative estimate of drug-likeness (QED) is 0.688. The van der Waals surface area contributed by atoms with E-state index in [1.54, 1.807) is 0 Å². The van der Waals surface area contributed by atoms with E-state index < -0.39 is 11.9 Å². The predicted octanol–water partition coefficient (Wildman–Crippen LogP) is 1.68. The molecule has 0 aliphatic carbocycles. The zero-order valence-electron chi connectivity index (χ0n) is 10.8. The van der Waals surface area contributed by atoms with Gasteiger partial charge in [0.2, 0.25) is 0 Å². The third-order valence-electron chi connectivity index (χ3n) is 3.05. The summed E-state index contributed by atoms with van der Waals surface area (Å²) in [5.74, 6) is 0.839. The van der Waals surface area contributed by atoms with Gasteiger partial charge < -0.3 is 15.7 Å². The minimum atomic E-state index is -0.841. The fourth-order valence-corrected chi connectivity index (χ4v) is 3.06. The molecule has 1 saturated heterocycles. The minimum Gasteiger partial charge on any atom is -0.481 e. The number of carbonyl (C=O) groups is 2. The Hall–Kier alpha value is -0.910. The number of rotatable bonds is 6. The zero-order valence-corrected chi connectivity index (χ0v) is 11.6. The molecule has 2 amide bonds. The summed E-state index contributed by atoms with van der Waals surface area (Å²) in [6, 6.07) is -0.00467. The lowest BCUT2D eigenvalue weighted by atomic mass is 10.0. The number of thioether (sulfide) groups is 1. The molecule has 0 spiro atoms. The Bertz CT molecular complexity index is 280. The lowest BCUT2D eigenvalue weighted by Gasteiger charge is -2.23. The average molecular weight is 274 g/mol. The molecular weight excluding hydrogens is 252 g/mol. The number of nitrogens with one attached hydrogen (secondary N) is 2. The fraction of sp³-hybridized carbons (Fsp3) is 0.833. The van der Waals surface area contributed by atoms with Crippen LogP contribution in [0.5, 0.6) is 0 Å². The van der Waals surface area contributed by atoms with Crippen molar-refractivity contribution < 1.29 is 14.7 Å². The fourth-order valence-electron chi connectivity index (χ4n) is 1.96. The molecule has 6 heteroatoms. The van der Waals surface area contributed by atoms with Crippen LogP contribution in [-0.2, 0) is 4.79 Å². The van der Waals surface area contributed by atoms with E-state index in [0.717, 1.165) is 30.8 Å². The van der Waals surface area contributed by atoms with Gasteiger partial charge >= 0.3 is 12.0 Å². The summed E-state index contributed by atoms with van der Waals surface area (Å²) >= 11 is 1.91. The molecule has 1 atom stereocenters. The summed E-state index contributed by atoms with van der Waals surface area (Å²) < 4.78 is 0. The minimum absolute atomic E-state index is 0.205. The largest absolute Gasteiger partial charge is 0.481 e. The van der Waals surface area contributed by atoms with Crippen molar-refractivity contribution in [3.05, 3.63) is 0 Å². The first kappa shape index (κ1) is 15.1. The first-order valence-electron chi connectivity index (χ1n) is 6.48. The van der Waals surface area contributed by atoms with Gasteiger partial charge in [0.1, 0.15) is 0 Å². The number of hydrogen-bond donors (Lipinski definition) is 3. The summed E-state index contributed by atoms with van der Waals surface area (Å²) in [5, 5.41) is 14.5. The van der Waals surface area contributed by atoms with Crippen LogP contribution in [0, 0.1) is 5.92 Å². The molecule has 1 fully saturated rings. The molecular formula is C12H22N2O3S. The van der Waals surface area contributed by atoms with E-state index in [0.29, 0.717) is 6.42 Å². The van der Waals surface area contributed by atoms with Crippen molar-refractivity contribution in [1.82, 2.24) is 10.6 Å². The van der Waals surface area contributed by atoms with Crippen molar-refractivity contribution in [3.63, 3.8) is 0 Å². The second-order valence-electron chi connectivity index (χ2n) is 4.56. The van der Waals surface area contributed by atoms with Crippen LogP contribution in [0.15, 0.2) is 0 Å². The SMILES string of the molecule is CCCC(CNC(=O)NC1CCSCC1)C(=O)O. The molecule has 5 nitrogen and oxygen atoms in total. The van der Waals surface area contributed by atoms with Gasteiger partial charge in [0.05, 0.1) is 5.92 Å². The maximum Gasteiger partial charge on any atom is 0.315 e. The molecule has 0 bridgehead atoms. The Kier molecular flexibility index (Phi) is 6.93. The van der Waals surface area contributed by atoms with Crippen LogP contribution >= 0.6 is 11.8 Å². The van der Waals surface area contributed by atoms with Crippen LogP contribution in [0.3, 0.4) is 0 Å². The van der Waals surface area contributed by atoms with E-state index in [4.69, 9.17) is 5.11 Å². The lowest BCUT2D eigenvalue weighted by Crippen LogP contribution is -2.45. The Morgan fingerprint density at radius 1 is 1.39 bits per heavy atom. The molecule has 104 valence electrons. The zero-order chi connectivity index (χ0) is 13.4. The highest BCUT2D eigenvalue weighted by Crippen LogP contribution is 2.16. The third kappa shape index (κ3) is 5.62. The van der Waals surface area contributed by atoms with Crippen molar-refractivity contribution in [1.29, 1.82) is 0 Å². The van der Waals surface area contributed by atoms with Crippen molar-refractivity contribution >= 4 is 23.8 Å². The van der Waals surface area contributed by atoms with E-state index in [-0.39, 0.29) is 18.6 Å². The number of carboxylic acid groups (broad SMARTS) is 1. The van der Waals surface area contributed by atoms with E-state index in [2.05, 4.69) is 10.6 Å². The molecule has 1 aliphatic heterocycles.